The van der Waals surface area contributed by atoms with Gasteiger partial charge in [0.15, 0.2) is 0 Å². The summed E-state index contributed by atoms with van der Waals surface area (Å²) in [5, 5.41) is 4.43. The van der Waals surface area contributed by atoms with E-state index in [1.165, 1.54) is 17.7 Å². The van der Waals surface area contributed by atoms with E-state index in [1.807, 2.05) is 34.0 Å². The number of piperazine rings is 1. The van der Waals surface area contributed by atoms with E-state index in [4.69, 9.17) is 0 Å². The van der Waals surface area contributed by atoms with Crippen molar-refractivity contribution in [1.82, 2.24) is 19.6 Å². The molecular formula is C26H31N5O. The first-order valence-corrected chi connectivity index (χ1v) is 11.7. The molecule has 1 unspecified atom stereocenters. The van der Waals surface area contributed by atoms with Crippen molar-refractivity contribution < 1.29 is 4.79 Å². The number of para-hydroxylation sites is 1. The maximum absolute atomic E-state index is 13.2. The molecule has 0 aliphatic carbocycles. The first-order chi connectivity index (χ1) is 15.8. The standard InChI is InChI=1S/C26H31N5O/c32-26(23-18-27-31(20-23)19-22-8-3-1-4-9-22)30-13-7-12-25(21-30)29-16-14-28(15-17-29)24-10-5-2-6-11-24/h1-6,8-11,18,20,25H,7,12-17,19,21H2. The largest absolute Gasteiger partial charge is 0.369 e. The molecule has 0 N–H and O–H groups in total. The van der Waals surface area contributed by atoms with Crippen molar-refractivity contribution in [2.45, 2.75) is 25.4 Å². The van der Waals surface area contributed by atoms with Gasteiger partial charge in [0, 0.05) is 57.2 Å². The average molecular weight is 430 g/mol. The highest BCUT2D eigenvalue weighted by Crippen LogP contribution is 2.22. The number of carbonyl (C=O) groups is 1. The highest BCUT2D eigenvalue weighted by molar-refractivity contribution is 5.93. The molecule has 5 rings (SSSR count). The molecule has 2 saturated heterocycles. The summed E-state index contributed by atoms with van der Waals surface area (Å²) in [5.74, 6) is 0.108. The van der Waals surface area contributed by atoms with Crippen molar-refractivity contribution in [3.63, 3.8) is 0 Å². The number of likely N-dealkylation sites (tertiary alicyclic amines) is 1. The molecule has 2 aliphatic heterocycles. The van der Waals surface area contributed by atoms with Crippen LogP contribution in [0.4, 0.5) is 5.69 Å². The third kappa shape index (κ3) is 4.70. The first-order valence-electron chi connectivity index (χ1n) is 11.7. The van der Waals surface area contributed by atoms with E-state index in [0.29, 0.717) is 18.2 Å². The van der Waals surface area contributed by atoms with Crippen LogP contribution in [0.5, 0.6) is 0 Å². The van der Waals surface area contributed by atoms with Crippen molar-refractivity contribution in [2.75, 3.05) is 44.2 Å². The number of carbonyl (C=O) groups excluding carboxylic acids is 1. The highest BCUT2D eigenvalue weighted by Gasteiger charge is 2.30. The molecule has 0 bridgehead atoms. The van der Waals surface area contributed by atoms with Crippen LogP contribution in [0.2, 0.25) is 0 Å². The van der Waals surface area contributed by atoms with Gasteiger partial charge in [-0.1, -0.05) is 48.5 Å². The van der Waals surface area contributed by atoms with Gasteiger partial charge in [-0.2, -0.15) is 5.10 Å². The van der Waals surface area contributed by atoms with Crippen LogP contribution < -0.4 is 4.90 Å². The molecule has 1 atom stereocenters. The minimum absolute atomic E-state index is 0.108. The molecule has 6 nitrogen and oxygen atoms in total. The molecule has 0 saturated carbocycles. The predicted molar refractivity (Wildman–Crippen MR) is 127 cm³/mol. The third-order valence-electron chi connectivity index (χ3n) is 6.70. The Morgan fingerprint density at radius 1 is 0.906 bits per heavy atom. The molecule has 2 aromatic carbocycles. The lowest BCUT2D eigenvalue weighted by atomic mass is 10.0. The Bertz CT molecular complexity index is 1010. The molecule has 0 spiro atoms. The summed E-state index contributed by atoms with van der Waals surface area (Å²) in [6.45, 7) is 6.52. The van der Waals surface area contributed by atoms with Crippen LogP contribution in [0.25, 0.3) is 0 Å². The number of anilines is 1. The molecule has 166 valence electrons. The molecule has 1 amide bonds. The van der Waals surface area contributed by atoms with Crippen LogP contribution in [0.3, 0.4) is 0 Å². The Morgan fingerprint density at radius 3 is 2.38 bits per heavy atom. The summed E-state index contributed by atoms with van der Waals surface area (Å²) in [6, 6.07) is 21.3. The van der Waals surface area contributed by atoms with E-state index >= 15 is 0 Å². The zero-order valence-electron chi connectivity index (χ0n) is 18.5. The van der Waals surface area contributed by atoms with Gasteiger partial charge in [-0.3, -0.25) is 14.4 Å². The number of nitrogens with zero attached hydrogens (tertiary/aromatic N) is 5. The van der Waals surface area contributed by atoms with E-state index in [0.717, 1.165) is 45.7 Å². The zero-order valence-corrected chi connectivity index (χ0v) is 18.5. The Hall–Kier alpha value is -3.12. The van der Waals surface area contributed by atoms with Gasteiger partial charge < -0.3 is 9.80 Å². The first kappa shape index (κ1) is 20.8. The summed E-state index contributed by atoms with van der Waals surface area (Å²) >= 11 is 0. The fourth-order valence-corrected chi connectivity index (χ4v) is 4.93. The molecule has 0 radical (unpaired) electrons. The van der Waals surface area contributed by atoms with Crippen molar-refractivity contribution in [3.8, 4) is 0 Å². The molecule has 3 aromatic rings. The van der Waals surface area contributed by atoms with Crippen LogP contribution in [0.15, 0.2) is 73.1 Å². The molecule has 3 heterocycles. The van der Waals surface area contributed by atoms with Gasteiger partial charge in [0.05, 0.1) is 18.3 Å². The van der Waals surface area contributed by atoms with Gasteiger partial charge in [0.25, 0.3) is 5.91 Å². The summed E-state index contributed by atoms with van der Waals surface area (Å²) in [5.41, 5.74) is 3.18. The van der Waals surface area contributed by atoms with Gasteiger partial charge in [0.1, 0.15) is 0 Å². The number of amides is 1. The number of piperidine rings is 1. The Kier molecular flexibility index (Phi) is 6.21. The topological polar surface area (TPSA) is 44.6 Å². The van der Waals surface area contributed by atoms with Gasteiger partial charge in [-0.15, -0.1) is 0 Å². The predicted octanol–water partition coefficient (Wildman–Crippen LogP) is 3.36. The molecule has 2 fully saturated rings. The van der Waals surface area contributed by atoms with Crippen molar-refractivity contribution in [3.05, 3.63) is 84.2 Å². The van der Waals surface area contributed by atoms with Crippen LogP contribution in [-0.2, 0) is 6.54 Å². The fraction of sp³-hybridized carbons (Fsp3) is 0.385. The van der Waals surface area contributed by atoms with Crippen LogP contribution in [0, 0.1) is 0 Å². The smallest absolute Gasteiger partial charge is 0.257 e. The molecule has 6 heteroatoms. The minimum Gasteiger partial charge on any atom is -0.369 e. The number of rotatable bonds is 5. The maximum atomic E-state index is 13.2. The summed E-state index contributed by atoms with van der Waals surface area (Å²) < 4.78 is 1.85. The molecule has 1 aromatic heterocycles. The van der Waals surface area contributed by atoms with Crippen LogP contribution >= 0.6 is 0 Å². The van der Waals surface area contributed by atoms with Crippen molar-refractivity contribution >= 4 is 11.6 Å². The Balaban J connectivity index is 1.17. The van der Waals surface area contributed by atoms with Crippen LogP contribution in [0.1, 0.15) is 28.8 Å². The van der Waals surface area contributed by atoms with Gasteiger partial charge in [-0.25, -0.2) is 0 Å². The third-order valence-corrected chi connectivity index (χ3v) is 6.70. The Morgan fingerprint density at radius 2 is 1.62 bits per heavy atom. The van der Waals surface area contributed by atoms with Gasteiger partial charge >= 0.3 is 0 Å². The second-order valence-electron chi connectivity index (χ2n) is 8.82. The van der Waals surface area contributed by atoms with E-state index in [-0.39, 0.29) is 5.91 Å². The molecule has 32 heavy (non-hydrogen) atoms. The lowest BCUT2D eigenvalue weighted by Crippen LogP contribution is -2.55. The number of hydrogen-bond acceptors (Lipinski definition) is 4. The van der Waals surface area contributed by atoms with E-state index < -0.39 is 0 Å². The average Bonchev–Trinajstić information content (AvgIpc) is 3.33. The SMILES string of the molecule is O=C(c1cnn(Cc2ccccc2)c1)N1CCCC(N2CCN(c3ccccc3)CC2)C1. The van der Waals surface area contributed by atoms with E-state index in [1.54, 1.807) is 6.20 Å². The number of benzene rings is 2. The monoisotopic (exact) mass is 429 g/mol. The normalized spacial score (nSPS) is 19.8. The fourth-order valence-electron chi connectivity index (χ4n) is 4.93. The van der Waals surface area contributed by atoms with Crippen molar-refractivity contribution in [2.24, 2.45) is 0 Å². The van der Waals surface area contributed by atoms with Crippen molar-refractivity contribution in [1.29, 1.82) is 0 Å². The number of hydrogen-bond donors (Lipinski definition) is 0. The second-order valence-corrected chi connectivity index (χ2v) is 8.82. The molecular weight excluding hydrogens is 398 g/mol. The number of aromatic nitrogens is 2. The summed E-state index contributed by atoms with van der Waals surface area (Å²) in [6.07, 6.45) is 5.83. The Labute approximate surface area is 190 Å². The maximum Gasteiger partial charge on any atom is 0.257 e. The summed E-state index contributed by atoms with van der Waals surface area (Å²) in [7, 11) is 0. The van der Waals surface area contributed by atoms with E-state index in [9.17, 15) is 4.79 Å². The van der Waals surface area contributed by atoms with E-state index in [2.05, 4.69) is 57.4 Å². The highest BCUT2D eigenvalue weighted by atomic mass is 16.2. The van der Waals surface area contributed by atoms with Crippen LogP contribution in [-0.4, -0.2) is 70.8 Å². The van der Waals surface area contributed by atoms with Gasteiger partial charge in [-0.05, 0) is 30.5 Å². The minimum atomic E-state index is 0.108. The quantitative estimate of drug-likeness (QED) is 0.624. The lowest BCUT2D eigenvalue weighted by molar-refractivity contribution is 0.0563. The lowest BCUT2D eigenvalue weighted by Gasteiger charge is -2.43. The molecule has 2 aliphatic rings. The zero-order chi connectivity index (χ0) is 21.8. The summed E-state index contributed by atoms with van der Waals surface area (Å²) in [4.78, 5) is 20.2. The van der Waals surface area contributed by atoms with Gasteiger partial charge in [0.2, 0.25) is 0 Å². The second kappa shape index (κ2) is 9.57.